The van der Waals surface area contributed by atoms with E-state index in [4.69, 9.17) is 9.47 Å². The predicted molar refractivity (Wildman–Crippen MR) is 97.9 cm³/mol. The number of amides is 1. The van der Waals surface area contributed by atoms with Crippen LogP contribution in [-0.2, 0) is 16.1 Å². The second kappa shape index (κ2) is 9.25. The number of rotatable bonds is 5. The van der Waals surface area contributed by atoms with Crippen LogP contribution in [0.25, 0.3) is 0 Å². The molecule has 0 radical (unpaired) electrons. The predicted octanol–water partition coefficient (Wildman–Crippen LogP) is 2.59. The molecule has 1 aromatic carbocycles. The number of morpholine rings is 1. The summed E-state index contributed by atoms with van der Waals surface area (Å²) in [7, 11) is 0. The van der Waals surface area contributed by atoms with Crippen LogP contribution in [0.1, 0.15) is 38.3 Å². The second-order valence-corrected chi connectivity index (χ2v) is 7.03. The Balaban J connectivity index is 0.00000288. The molecule has 0 aliphatic carbocycles. The van der Waals surface area contributed by atoms with Gasteiger partial charge in [0.25, 0.3) is 0 Å². The molecular formula is C18H29ClN2O3. The van der Waals surface area contributed by atoms with Crippen LogP contribution in [0.3, 0.4) is 0 Å². The Hall–Kier alpha value is -1.30. The molecule has 1 heterocycles. The molecule has 1 unspecified atom stereocenters. The van der Waals surface area contributed by atoms with Gasteiger partial charge in [-0.15, -0.1) is 12.4 Å². The van der Waals surface area contributed by atoms with Crippen LogP contribution in [0.2, 0.25) is 0 Å². The first kappa shape index (κ1) is 20.7. The number of halogens is 1. The summed E-state index contributed by atoms with van der Waals surface area (Å²) in [6.07, 6.45) is 0.432. The molecule has 1 aromatic rings. The number of aryl methyl sites for hydroxylation is 1. The van der Waals surface area contributed by atoms with Gasteiger partial charge in [-0.1, -0.05) is 12.1 Å². The number of hydrogen-bond donors (Lipinski definition) is 2. The Kier molecular flexibility index (Phi) is 8.00. The fourth-order valence-electron chi connectivity index (χ4n) is 2.47. The highest BCUT2D eigenvalue weighted by molar-refractivity contribution is 5.85. The second-order valence-electron chi connectivity index (χ2n) is 7.03. The maximum atomic E-state index is 12.1. The summed E-state index contributed by atoms with van der Waals surface area (Å²) in [5.74, 6) is 0.854. The summed E-state index contributed by atoms with van der Waals surface area (Å²) in [6, 6.07) is 6.17. The zero-order valence-corrected chi connectivity index (χ0v) is 15.8. The summed E-state index contributed by atoms with van der Waals surface area (Å²) >= 11 is 0. The van der Waals surface area contributed by atoms with Gasteiger partial charge in [0.05, 0.1) is 13.2 Å². The Morgan fingerprint density at radius 2 is 2.17 bits per heavy atom. The molecule has 0 bridgehead atoms. The van der Waals surface area contributed by atoms with Crippen LogP contribution >= 0.6 is 12.4 Å². The SMILES string of the molecule is Cc1ccc(CNC(=O)CC2COCCN2)c(OC(C)(C)C)c1.Cl. The lowest BCUT2D eigenvalue weighted by Gasteiger charge is -2.24. The zero-order valence-electron chi connectivity index (χ0n) is 15.0. The summed E-state index contributed by atoms with van der Waals surface area (Å²) in [5.41, 5.74) is 1.87. The van der Waals surface area contributed by atoms with Crippen LogP contribution in [0.4, 0.5) is 0 Å². The molecule has 1 fully saturated rings. The first-order chi connectivity index (χ1) is 10.8. The van der Waals surface area contributed by atoms with Crippen LogP contribution in [0.15, 0.2) is 18.2 Å². The largest absolute Gasteiger partial charge is 0.488 e. The van der Waals surface area contributed by atoms with Gasteiger partial charge in [-0.05, 0) is 39.3 Å². The van der Waals surface area contributed by atoms with Gasteiger partial charge in [0, 0.05) is 31.1 Å². The molecule has 1 aliphatic rings. The van der Waals surface area contributed by atoms with Crippen molar-refractivity contribution in [3.05, 3.63) is 29.3 Å². The molecule has 2 N–H and O–H groups in total. The monoisotopic (exact) mass is 356 g/mol. The maximum absolute atomic E-state index is 12.1. The van der Waals surface area contributed by atoms with Gasteiger partial charge >= 0.3 is 0 Å². The molecule has 1 amide bonds. The first-order valence-electron chi connectivity index (χ1n) is 8.20. The van der Waals surface area contributed by atoms with Crippen molar-refractivity contribution in [2.75, 3.05) is 19.8 Å². The molecule has 1 atom stereocenters. The zero-order chi connectivity index (χ0) is 16.9. The van der Waals surface area contributed by atoms with E-state index in [-0.39, 0.29) is 30.0 Å². The van der Waals surface area contributed by atoms with E-state index in [0.29, 0.717) is 19.6 Å². The lowest BCUT2D eigenvalue weighted by molar-refractivity contribution is -0.122. The summed E-state index contributed by atoms with van der Waals surface area (Å²) in [5, 5.41) is 6.26. The molecule has 1 aliphatic heterocycles. The van der Waals surface area contributed by atoms with Gasteiger partial charge in [-0.2, -0.15) is 0 Å². The smallest absolute Gasteiger partial charge is 0.221 e. The number of ether oxygens (including phenoxy) is 2. The fraction of sp³-hybridized carbons (Fsp3) is 0.611. The molecule has 0 aromatic heterocycles. The summed E-state index contributed by atoms with van der Waals surface area (Å²) in [4.78, 5) is 12.1. The Morgan fingerprint density at radius 3 is 2.79 bits per heavy atom. The van der Waals surface area contributed by atoms with Crippen LogP contribution in [-0.4, -0.2) is 37.3 Å². The number of hydrogen-bond acceptors (Lipinski definition) is 4. The van der Waals surface area contributed by atoms with Gasteiger partial charge < -0.3 is 20.1 Å². The quantitative estimate of drug-likeness (QED) is 0.851. The minimum atomic E-state index is -0.268. The fourth-order valence-corrected chi connectivity index (χ4v) is 2.47. The van der Waals surface area contributed by atoms with Crippen molar-refractivity contribution in [3.8, 4) is 5.75 Å². The number of benzene rings is 1. The molecular weight excluding hydrogens is 328 g/mol. The molecule has 0 saturated carbocycles. The lowest BCUT2D eigenvalue weighted by Crippen LogP contribution is -2.44. The van der Waals surface area contributed by atoms with Gasteiger partial charge in [0.2, 0.25) is 5.91 Å². The minimum Gasteiger partial charge on any atom is -0.488 e. The van der Waals surface area contributed by atoms with Gasteiger partial charge in [0.15, 0.2) is 0 Å². The lowest BCUT2D eigenvalue weighted by atomic mass is 10.1. The van der Waals surface area contributed by atoms with Gasteiger partial charge in [-0.3, -0.25) is 4.79 Å². The molecule has 136 valence electrons. The van der Waals surface area contributed by atoms with E-state index >= 15 is 0 Å². The van der Waals surface area contributed by atoms with E-state index in [1.54, 1.807) is 0 Å². The standard InChI is InChI=1S/C18H28N2O3.ClH/c1-13-5-6-14(16(9-13)23-18(2,3)4)11-20-17(21)10-15-12-22-8-7-19-15;/h5-6,9,15,19H,7-8,10-12H2,1-4H3,(H,20,21);1H. The minimum absolute atomic E-state index is 0. The van der Waals surface area contributed by atoms with Crippen molar-refractivity contribution in [1.29, 1.82) is 0 Å². The highest BCUT2D eigenvalue weighted by Crippen LogP contribution is 2.24. The van der Waals surface area contributed by atoms with E-state index in [1.807, 2.05) is 45.9 Å². The van der Waals surface area contributed by atoms with E-state index in [9.17, 15) is 4.79 Å². The number of carbonyl (C=O) groups excluding carboxylic acids is 1. The van der Waals surface area contributed by atoms with Crippen molar-refractivity contribution in [2.45, 2.75) is 52.3 Å². The molecule has 24 heavy (non-hydrogen) atoms. The third-order valence-corrected chi connectivity index (χ3v) is 3.55. The molecule has 1 saturated heterocycles. The van der Waals surface area contributed by atoms with Gasteiger partial charge in [-0.25, -0.2) is 0 Å². The number of carbonyl (C=O) groups is 1. The van der Waals surface area contributed by atoms with Crippen molar-refractivity contribution < 1.29 is 14.3 Å². The Labute approximate surface area is 150 Å². The van der Waals surface area contributed by atoms with Crippen molar-refractivity contribution in [3.63, 3.8) is 0 Å². The normalized spacial score (nSPS) is 17.8. The molecule has 2 rings (SSSR count). The number of nitrogens with one attached hydrogen (secondary N) is 2. The van der Waals surface area contributed by atoms with Crippen molar-refractivity contribution >= 4 is 18.3 Å². The van der Waals surface area contributed by atoms with Crippen LogP contribution in [0, 0.1) is 6.92 Å². The summed E-state index contributed by atoms with van der Waals surface area (Å²) in [6.45, 7) is 10.7. The molecule has 0 spiro atoms. The Morgan fingerprint density at radius 1 is 1.42 bits per heavy atom. The van der Waals surface area contributed by atoms with Crippen molar-refractivity contribution in [1.82, 2.24) is 10.6 Å². The van der Waals surface area contributed by atoms with E-state index in [0.717, 1.165) is 30.0 Å². The average molecular weight is 357 g/mol. The van der Waals surface area contributed by atoms with Crippen molar-refractivity contribution in [2.24, 2.45) is 0 Å². The third-order valence-electron chi connectivity index (χ3n) is 3.55. The molecule has 5 nitrogen and oxygen atoms in total. The van der Waals surface area contributed by atoms with E-state index < -0.39 is 0 Å². The highest BCUT2D eigenvalue weighted by atomic mass is 35.5. The van der Waals surface area contributed by atoms with Crippen LogP contribution in [0.5, 0.6) is 5.75 Å². The highest BCUT2D eigenvalue weighted by Gasteiger charge is 2.18. The third kappa shape index (κ3) is 7.07. The molecule has 6 heteroatoms. The van der Waals surface area contributed by atoms with E-state index in [2.05, 4.69) is 10.6 Å². The van der Waals surface area contributed by atoms with E-state index in [1.165, 1.54) is 0 Å². The topological polar surface area (TPSA) is 59.6 Å². The average Bonchev–Trinajstić information content (AvgIpc) is 2.46. The van der Waals surface area contributed by atoms with Crippen LogP contribution < -0.4 is 15.4 Å². The van der Waals surface area contributed by atoms with Gasteiger partial charge in [0.1, 0.15) is 11.4 Å². The maximum Gasteiger partial charge on any atom is 0.221 e. The first-order valence-corrected chi connectivity index (χ1v) is 8.20. The summed E-state index contributed by atoms with van der Waals surface area (Å²) < 4.78 is 11.4. The Bertz CT molecular complexity index is 538.